The number of rotatable bonds is 0. The molecule has 0 N–H and O–H groups in total. The first-order valence-electron chi connectivity index (χ1n) is 2.38. The van der Waals surface area contributed by atoms with E-state index in [1.54, 1.807) is 0 Å². The third-order valence-corrected chi connectivity index (χ3v) is 0.936. The summed E-state index contributed by atoms with van der Waals surface area (Å²) in [5, 5.41) is 0.380. The van der Waals surface area contributed by atoms with Crippen molar-refractivity contribution in [2.75, 3.05) is 0 Å². The van der Waals surface area contributed by atoms with Gasteiger partial charge in [-0.3, -0.25) is 4.39 Å². The van der Waals surface area contributed by atoms with E-state index in [4.69, 9.17) is 11.6 Å². The number of hydrogen-bond acceptors (Lipinski definition) is 0. The van der Waals surface area contributed by atoms with Gasteiger partial charge in [-0.2, -0.15) is 23.7 Å². The van der Waals surface area contributed by atoms with Crippen LogP contribution in [0.3, 0.4) is 0 Å². The monoisotopic (exact) mass is 320 g/mol. The summed E-state index contributed by atoms with van der Waals surface area (Å²) in [7, 11) is 0. The van der Waals surface area contributed by atoms with Crippen molar-refractivity contribution in [3.63, 3.8) is 0 Å². The Balaban J connectivity index is 0.000000371. The van der Waals surface area contributed by atoms with E-state index in [0.29, 0.717) is 5.02 Å². The van der Waals surface area contributed by atoms with Gasteiger partial charge in [0, 0.05) is 5.82 Å². The Morgan fingerprint density at radius 3 is 2.40 bits per heavy atom. The van der Waals surface area contributed by atoms with E-state index in [1.165, 1.54) is 33.0 Å². The van der Waals surface area contributed by atoms with Crippen LogP contribution in [0.5, 0.6) is 0 Å². The second-order valence-corrected chi connectivity index (χ2v) is 1.81. The van der Waals surface area contributed by atoms with Gasteiger partial charge >= 0.3 is 34.5 Å². The first-order valence-corrected chi connectivity index (χ1v) is 11.8. The van der Waals surface area contributed by atoms with Crippen molar-refractivity contribution in [1.29, 1.82) is 0 Å². The Morgan fingerprint density at radius 1 is 1.50 bits per heavy atom. The molecule has 0 atom stereocenters. The molecule has 1 rings (SSSR count). The van der Waals surface area contributed by atoms with Crippen LogP contribution >= 0.6 is 31.4 Å². The van der Waals surface area contributed by atoms with Gasteiger partial charge in [-0.1, -0.05) is 5.02 Å². The van der Waals surface area contributed by atoms with Gasteiger partial charge < -0.3 is 0 Å². The predicted octanol–water partition coefficient (Wildman–Crippen LogP) is 3.16. The molecule has 0 saturated carbocycles. The second kappa shape index (κ2) is 6.50. The van der Waals surface area contributed by atoms with Crippen LogP contribution in [0.15, 0.2) is 18.2 Å². The summed E-state index contributed by atoms with van der Waals surface area (Å²) in [4.78, 5) is 0. The number of benzene rings is 1. The molecule has 0 spiro atoms. The summed E-state index contributed by atoms with van der Waals surface area (Å²) < 4.78 is 12.1. The van der Waals surface area contributed by atoms with Gasteiger partial charge in [0.1, 0.15) is 0 Å². The average Bonchev–Trinajstić information content (AvgIpc) is 1.91. The average molecular weight is 322 g/mol. The summed E-state index contributed by atoms with van der Waals surface area (Å²) in [5.74, 6) is -0.350. The van der Waals surface area contributed by atoms with Crippen LogP contribution in [-0.4, -0.2) is 0 Å². The Bertz CT molecular complexity index is 178. The summed E-state index contributed by atoms with van der Waals surface area (Å²) >= 11 is 8.99. The van der Waals surface area contributed by atoms with E-state index >= 15 is 0 Å². The predicted molar refractivity (Wildman–Crippen MR) is 44.3 cm³/mol. The normalized spacial score (nSPS) is 8.10. The SMILES string of the molecule is Fc1c[c-]cc(Cl)c1.[Zn+][I]. The summed E-state index contributed by atoms with van der Waals surface area (Å²) in [6.45, 7) is 0. The van der Waals surface area contributed by atoms with E-state index < -0.39 is 0 Å². The maximum absolute atomic E-state index is 12.1. The molecular weight excluding hydrogens is 319 g/mol. The molecule has 4 heteroatoms. The van der Waals surface area contributed by atoms with E-state index in [2.05, 4.69) is 25.8 Å². The molecule has 1 aromatic carbocycles. The molecule has 0 amide bonds. The standard InChI is InChI=1S/C6H3ClF.HI.Zn/c7-5-2-1-3-6(8)4-5;;/h2-4H;1H;/q-1;;+2/p-1. The fourth-order valence-corrected chi connectivity index (χ4v) is 0.583. The molecule has 0 aliphatic rings. The zero-order chi connectivity index (χ0) is 7.98. The van der Waals surface area contributed by atoms with Gasteiger partial charge in [0.15, 0.2) is 0 Å². The van der Waals surface area contributed by atoms with E-state index in [1.807, 2.05) is 0 Å². The third-order valence-electron chi connectivity index (χ3n) is 0.718. The van der Waals surface area contributed by atoms with Crippen LogP contribution in [0.2, 0.25) is 5.02 Å². The van der Waals surface area contributed by atoms with Crippen molar-refractivity contribution in [2.24, 2.45) is 0 Å². The number of halogens is 3. The summed E-state index contributed by atoms with van der Waals surface area (Å²) in [6.07, 6.45) is 0. The van der Waals surface area contributed by atoms with Gasteiger partial charge in [0.05, 0.1) is 0 Å². The molecule has 0 radical (unpaired) electrons. The molecule has 0 heterocycles. The van der Waals surface area contributed by atoms with Crippen LogP contribution < -0.4 is 0 Å². The van der Waals surface area contributed by atoms with Crippen molar-refractivity contribution in [3.05, 3.63) is 35.1 Å². The Kier molecular flexibility index (Phi) is 7.02. The molecule has 0 unspecified atom stereocenters. The second-order valence-electron chi connectivity index (χ2n) is 1.37. The van der Waals surface area contributed by atoms with Crippen LogP contribution in [-0.2, 0) is 14.8 Å². The molecule has 0 aliphatic heterocycles. The summed E-state index contributed by atoms with van der Waals surface area (Å²) in [6, 6.07) is 6.49. The topological polar surface area (TPSA) is 0 Å². The third kappa shape index (κ3) is 4.58. The zero-order valence-electron chi connectivity index (χ0n) is 5.07. The van der Waals surface area contributed by atoms with Gasteiger partial charge in [-0.25, -0.2) is 0 Å². The molecular formula is C6H3ClFIZn. The van der Waals surface area contributed by atoms with Gasteiger partial charge in [0.2, 0.25) is 0 Å². The van der Waals surface area contributed by atoms with Gasteiger partial charge in [-0.15, -0.1) is 12.1 Å². The molecule has 50 valence electrons. The van der Waals surface area contributed by atoms with Gasteiger partial charge in [0.25, 0.3) is 0 Å². The first kappa shape index (κ1) is 10.8. The zero-order valence-corrected chi connectivity index (χ0v) is 11.0. The minimum absolute atomic E-state index is 0.350. The van der Waals surface area contributed by atoms with Crippen molar-refractivity contribution >= 4 is 31.4 Å². The summed E-state index contributed by atoms with van der Waals surface area (Å²) in [5.41, 5.74) is 0. The van der Waals surface area contributed by atoms with E-state index in [9.17, 15) is 4.39 Å². The van der Waals surface area contributed by atoms with Crippen molar-refractivity contribution < 1.29 is 19.2 Å². The van der Waals surface area contributed by atoms with Crippen LogP contribution in [0.1, 0.15) is 0 Å². The van der Waals surface area contributed by atoms with Crippen molar-refractivity contribution in [1.82, 2.24) is 0 Å². The Morgan fingerprint density at radius 2 is 2.10 bits per heavy atom. The maximum atomic E-state index is 12.1. The fraction of sp³-hybridized carbons (Fsp3) is 0. The molecule has 10 heavy (non-hydrogen) atoms. The molecule has 0 aliphatic carbocycles. The van der Waals surface area contributed by atoms with Crippen LogP contribution in [0, 0.1) is 11.9 Å². The Labute approximate surface area is 85.0 Å². The molecule has 0 fully saturated rings. The minimum atomic E-state index is -0.350. The molecule has 0 bridgehead atoms. The quantitative estimate of drug-likeness (QED) is 0.391. The van der Waals surface area contributed by atoms with Crippen molar-refractivity contribution in [2.45, 2.75) is 0 Å². The van der Waals surface area contributed by atoms with E-state index in [0.717, 1.165) is 0 Å². The van der Waals surface area contributed by atoms with Crippen LogP contribution in [0.4, 0.5) is 4.39 Å². The van der Waals surface area contributed by atoms with E-state index in [-0.39, 0.29) is 5.82 Å². The fourth-order valence-electron chi connectivity index (χ4n) is 0.416. The van der Waals surface area contributed by atoms with Crippen LogP contribution in [0.25, 0.3) is 0 Å². The number of hydrogen-bond donors (Lipinski definition) is 0. The molecule has 0 aromatic heterocycles. The molecule has 0 saturated heterocycles. The molecule has 1 aromatic rings. The van der Waals surface area contributed by atoms with Gasteiger partial charge in [-0.05, 0) is 0 Å². The van der Waals surface area contributed by atoms with Crippen molar-refractivity contribution in [3.8, 4) is 0 Å². The Hall–Kier alpha value is 0.793. The molecule has 0 nitrogen and oxygen atoms in total. The first-order chi connectivity index (χ1) is 4.79.